The van der Waals surface area contributed by atoms with Gasteiger partial charge in [0.05, 0.1) is 26.2 Å². The molecule has 1 unspecified atom stereocenters. The molecule has 1 amide bonds. The number of rotatable bonds is 5. The summed E-state index contributed by atoms with van der Waals surface area (Å²) in [5.74, 6) is -5.80. The number of benzene rings is 2. The molecular formula is C20H14Cl3F7N2O. The van der Waals surface area contributed by atoms with E-state index in [0.717, 1.165) is 19.1 Å². The lowest BCUT2D eigenvalue weighted by Gasteiger charge is -2.23. The van der Waals surface area contributed by atoms with Crippen molar-refractivity contribution in [1.29, 1.82) is 0 Å². The first-order chi connectivity index (χ1) is 15.0. The Morgan fingerprint density at radius 1 is 1.00 bits per heavy atom. The van der Waals surface area contributed by atoms with Gasteiger partial charge < -0.3 is 11.5 Å². The van der Waals surface area contributed by atoms with Crippen LogP contribution in [0.3, 0.4) is 0 Å². The van der Waals surface area contributed by atoms with E-state index in [0.29, 0.717) is 12.1 Å². The van der Waals surface area contributed by atoms with Gasteiger partial charge >= 0.3 is 12.4 Å². The third kappa shape index (κ3) is 5.92. The summed E-state index contributed by atoms with van der Waals surface area (Å²) in [6.07, 6.45) is -10.2. The monoisotopic (exact) mass is 536 g/mol. The van der Waals surface area contributed by atoms with Crippen molar-refractivity contribution in [2.24, 2.45) is 11.5 Å². The normalized spacial score (nSPS) is 14.8. The second-order valence-corrected chi connectivity index (χ2v) is 8.12. The van der Waals surface area contributed by atoms with Crippen molar-refractivity contribution in [3.8, 4) is 0 Å². The number of nitrogens with two attached hydrogens (primary N) is 2. The third-order valence-corrected chi connectivity index (χ3v) is 5.73. The van der Waals surface area contributed by atoms with Crippen molar-refractivity contribution in [2.75, 3.05) is 0 Å². The summed E-state index contributed by atoms with van der Waals surface area (Å²) < 4.78 is 97.4. The van der Waals surface area contributed by atoms with E-state index in [2.05, 4.69) is 0 Å². The highest BCUT2D eigenvalue weighted by molar-refractivity contribution is 6.48. The standard InChI is InChI=1S/C20H14Cl3F7N2O/c1-7(31)15-9(2-3-10(18(32)33)16(15)20(28,29)30)14(24)6-11(19(25,26)27)8-4-12(21)17(23)13(22)5-8/h2-7,11H,31H2,1H3,(H2,32,33)/b14-6-/t7-,11?/m1/s1. The second-order valence-electron chi connectivity index (χ2n) is 6.93. The molecule has 0 saturated heterocycles. The molecule has 0 heterocycles. The van der Waals surface area contributed by atoms with Gasteiger partial charge in [0, 0.05) is 11.6 Å². The maximum absolute atomic E-state index is 15.1. The molecule has 2 aromatic rings. The van der Waals surface area contributed by atoms with E-state index in [1.807, 2.05) is 0 Å². The van der Waals surface area contributed by atoms with Crippen LogP contribution in [0.2, 0.25) is 15.1 Å². The van der Waals surface area contributed by atoms with Crippen LogP contribution in [0.1, 0.15) is 51.5 Å². The molecule has 0 radical (unpaired) electrons. The summed E-state index contributed by atoms with van der Waals surface area (Å²) in [5, 5.41) is -0.920. The first kappa shape index (κ1) is 27.2. The molecule has 0 aromatic heterocycles. The average Bonchev–Trinajstić information content (AvgIpc) is 2.66. The molecule has 3 nitrogen and oxygen atoms in total. The lowest BCUT2D eigenvalue weighted by molar-refractivity contribution is -0.140. The maximum atomic E-state index is 15.1. The molecule has 0 aliphatic carbocycles. The number of hydrogen-bond acceptors (Lipinski definition) is 2. The number of amides is 1. The Kier molecular flexibility index (Phi) is 8.00. The van der Waals surface area contributed by atoms with Crippen molar-refractivity contribution < 1.29 is 35.5 Å². The smallest absolute Gasteiger partial charge is 0.366 e. The summed E-state index contributed by atoms with van der Waals surface area (Å²) in [4.78, 5) is 11.5. The van der Waals surface area contributed by atoms with Crippen LogP contribution in [-0.4, -0.2) is 12.1 Å². The van der Waals surface area contributed by atoms with Crippen LogP contribution in [0, 0.1) is 0 Å². The van der Waals surface area contributed by atoms with Crippen molar-refractivity contribution in [1.82, 2.24) is 0 Å². The van der Waals surface area contributed by atoms with Crippen LogP contribution in [0.25, 0.3) is 5.83 Å². The quantitative estimate of drug-likeness (QED) is 0.307. The SMILES string of the molecule is C[C@@H](N)c1c(/C(F)=C/C(c2cc(Cl)c(Cl)c(Cl)c2)C(F)(F)F)ccc(C(N)=O)c1C(F)(F)F. The topological polar surface area (TPSA) is 69.1 Å². The fourth-order valence-electron chi connectivity index (χ4n) is 3.18. The van der Waals surface area contributed by atoms with E-state index in [1.165, 1.54) is 0 Å². The molecular weight excluding hydrogens is 524 g/mol. The van der Waals surface area contributed by atoms with Crippen molar-refractivity contribution in [3.63, 3.8) is 0 Å². The van der Waals surface area contributed by atoms with Gasteiger partial charge in [-0.25, -0.2) is 4.39 Å². The minimum Gasteiger partial charge on any atom is -0.366 e. The van der Waals surface area contributed by atoms with E-state index in [1.54, 1.807) is 0 Å². The van der Waals surface area contributed by atoms with Gasteiger partial charge in [-0.3, -0.25) is 4.79 Å². The molecule has 13 heteroatoms. The highest BCUT2D eigenvalue weighted by Crippen LogP contribution is 2.44. The van der Waals surface area contributed by atoms with Crippen LogP contribution in [-0.2, 0) is 6.18 Å². The number of hydrogen-bond donors (Lipinski definition) is 2. The zero-order valence-corrected chi connectivity index (χ0v) is 18.7. The van der Waals surface area contributed by atoms with Gasteiger partial charge in [-0.05, 0) is 42.3 Å². The van der Waals surface area contributed by atoms with Gasteiger partial charge in [0.2, 0.25) is 5.91 Å². The molecule has 2 aromatic carbocycles. The molecule has 0 aliphatic rings. The largest absolute Gasteiger partial charge is 0.417 e. The first-order valence-corrected chi connectivity index (χ1v) is 9.98. The van der Waals surface area contributed by atoms with E-state index >= 15 is 4.39 Å². The minimum atomic E-state index is -5.20. The third-order valence-electron chi connectivity index (χ3n) is 4.54. The Bertz CT molecular complexity index is 1090. The zero-order valence-electron chi connectivity index (χ0n) is 16.4. The predicted molar refractivity (Wildman–Crippen MR) is 112 cm³/mol. The zero-order chi connectivity index (χ0) is 25.5. The molecule has 2 rings (SSSR count). The molecule has 180 valence electrons. The van der Waals surface area contributed by atoms with Crippen molar-refractivity contribution in [2.45, 2.75) is 31.2 Å². The maximum Gasteiger partial charge on any atom is 0.417 e. The van der Waals surface area contributed by atoms with E-state index in [-0.39, 0.29) is 21.1 Å². The van der Waals surface area contributed by atoms with Crippen LogP contribution < -0.4 is 11.5 Å². The summed E-state index contributed by atoms with van der Waals surface area (Å²) in [6, 6.07) is 1.36. The van der Waals surface area contributed by atoms with Crippen LogP contribution in [0.5, 0.6) is 0 Å². The first-order valence-electron chi connectivity index (χ1n) is 8.85. The number of carbonyl (C=O) groups excluding carboxylic acids is 1. The Hall–Kier alpha value is -2.01. The Labute approximate surface area is 198 Å². The molecule has 33 heavy (non-hydrogen) atoms. The lowest BCUT2D eigenvalue weighted by Crippen LogP contribution is -2.24. The van der Waals surface area contributed by atoms with Gasteiger partial charge in [0.1, 0.15) is 11.7 Å². The number of primary amides is 1. The lowest BCUT2D eigenvalue weighted by atomic mass is 9.89. The number of halogens is 10. The summed E-state index contributed by atoms with van der Waals surface area (Å²) in [6.45, 7) is 1.05. The van der Waals surface area contributed by atoms with Gasteiger partial charge in [-0.2, -0.15) is 26.3 Å². The average molecular weight is 538 g/mol. The summed E-state index contributed by atoms with van der Waals surface area (Å²) in [7, 11) is 0. The van der Waals surface area contributed by atoms with E-state index in [4.69, 9.17) is 46.3 Å². The molecule has 0 fully saturated rings. The number of alkyl halides is 6. The van der Waals surface area contributed by atoms with Crippen molar-refractivity contribution in [3.05, 3.63) is 73.2 Å². The minimum absolute atomic E-state index is 0.0567. The van der Waals surface area contributed by atoms with Gasteiger partial charge in [-0.1, -0.05) is 40.9 Å². The molecule has 0 aliphatic heterocycles. The predicted octanol–water partition coefficient (Wildman–Crippen LogP) is 7.44. The van der Waals surface area contributed by atoms with E-state index < -0.39 is 63.9 Å². The number of allylic oxidation sites excluding steroid dienone is 1. The van der Waals surface area contributed by atoms with Gasteiger partial charge in [0.15, 0.2) is 0 Å². The molecule has 2 atom stereocenters. The molecule has 0 bridgehead atoms. The Balaban J connectivity index is 2.82. The summed E-state index contributed by atoms with van der Waals surface area (Å²) >= 11 is 17.3. The molecule has 4 N–H and O–H groups in total. The fourth-order valence-corrected chi connectivity index (χ4v) is 3.80. The highest BCUT2D eigenvalue weighted by Gasteiger charge is 2.42. The fraction of sp³-hybridized carbons (Fsp3) is 0.250. The Morgan fingerprint density at radius 3 is 1.88 bits per heavy atom. The second kappa shape index (κ2) is 9.69. The number of carbonyl (C=O) groups is 1. The van der Waals surface area contributed by atoms with Crippen LogP contribution >= 0.6 is 34.8 Å². The van der Waals surface area contributed by atoms with E-state index in [9.17, 15) is 31.1 Å². The van der Waals surface area contributed by atoms with Gasteiger partial charge in [-0.15, -0.1) is 0 Å². The van der Waals surface area contributed by atoms with Crippen molar-refractivity contribution >= 4 is 46.5 Å². The molecule has 0 saturated carbocycles. The van der Waals surface area contributed by atoms with Crippen LogP contribution in [0.15, 0.2) is 30.3 Å². The highest BCUT2D eigenvalue weighted by atomic mass is 35.5. The Morgan fingerprint density at radius 2 is 1.48 bits per heavy atom. The summed E-state index contributed by atoms with van der Waals surface area (Å²) in [5.41, 5.74) is 5.51. The van der Waals surface area contributed by atoms with Crippen LogP contribution in [0.4, 0.5) is 30.7 Å². The molecule has 0 spiro atoms. The van der Waals surface area contributed by atoms with Gasteiger partial charge in [0.25, 0.3) is 0 Å².